The highest BCUT2D eigenvalue weighted by Gasteiger charge is 2.31. The van der Waals surface area contributed by atoms with Crippen molar-refractivity contribution >= 4 is 35.6 Å². The van der Waals surface area contributed by atoms with Gasteiger partial charge in [0.15, 0.2) is 0 Å². The molecule has 0 aliphatic carbocycles. The molecule has 0 aliphatic heterocycles. The summed E-state index contributed by atoms with van der Waals surface area (Å²) in [5.41, 5.74) is 11.6. The van der Waals surface area contributed by atoms with Gasteiger partial charge >= 0.3 is 11.9 Å². The van der Waals surface area contributed by atoms with E-state index < -0.39 is 66.2 Å². The molecule has 14 heteroatoms. The summed E-state index contributed by atoms with van der Waals surface area (Å²) >= 11 is 0. The summed E-state index contributed by atoms with van der Waals surface area (Å²) in [5.74, 6) is -6.44. The molecule has 1 aromatic rings. The lowest BCUT2D eigenvalue weighted by atomic mass is 10.0. The molecule has 10 N–H and O–H groups in total. The van der Waals surface area contributed by atoms with E-state index in [1.807, 2.05) is 0 Å². The van der Waals surface area contributed by atoms with E-state index in [2.05, 4.69) is 16.0 Å². The largest absolute Gasteiger partial charge is 0.508 e. The Morgan fingerprint density at radius 3 is 1.94 bits per heavy atom. The van der Waals surface area contributed by atoms with Crippen LogP contribution in [0.1, 0.15) is 31.7 Å². The number of hydrogen-bond acceptors (Lipinski definition) is 8. The number of hydrogen-bond donors (Lipinski definition) is 8. The third kappa shape index (κ3) is 10.5. The lowest BCUT2D eigenvalue weighted by Gasteiger charge is -2.24. The maximum atomic E-state index is 12.8. The summed E-state index contributed by atoms with van der Waals surface area (Å²) in [6.45, 7) is 1.14. The summed E-state index contributed by atoms with van der Waals surface area (Å²) in [6, 6.07) is 0.350. The number of carboxylic acids is 2. The summed E-state index contributed by atoms with van der Waals surface area (Å²) < 4.78 is 0. The Kier molecular flexibility index (Phi) is 11.1. The van der Waals surface area contributed by atoms with Gasteiger partial charge < -0.3 is 42.7 Å². The number of phenols is 1. The lowest BCUT2D eigenvalue weighted by molar-refractivity contribution is -0.143. The number of nitrogens with two attached hydrogens (primary N) is 2. The van der Waals surface area contributed by atoms with Crippen LogP contribution < -0.4 is 27.4 Å². The van der Waals surface area contributed by atoms with E-state index >= 15 is 0 Å². The first-order chi connectivity index (χ1) is 16.3. The molecule has 1 rings (SSSR count). The van der Waals surface area contributed by atoms with Gasteiger partial charge in [-0.2, -0.15) is 0 Å². The molecule has 0 aromatic heterocycles. The second-order valence-electron chi connectivity index (χ2n) is 7.77. The fourth-order valence-electron chi connectivity index (χ4n) is 2.84. The number of carbonyl (C=O) groups is 6. The Bertz CT molecular complexity index is 951. The van der Waals surface area contributed by atoms with E-state index in [9.17, 15) is 33.9 Å². The molecule has 4 amide bonds. The number of benzene rings is 1. The molecule has 192 valence electrons. The predicted octanol–water partition coefficient (Wildman–Crippen LogP) is -2.44. The zero-order chi connectivity index (χ0) is 26.7. The van der Waals surface area contributed by atoms with Crippen LogP contribution in [0.15, 0.2) is 24.3 Å². The molecule has 0 fully saturated rings. The SMILES string of the molecule is CC(NC(=O)C(CC(=O)O)NC(=O)C(CCC(N)=O)NC(=O)C(N)Cc1ccc(O)cc1)C(=O)O. The maximum absolute atomic E-state index is 12.8. The van der Waals surface area contributed by atoms with Gasteiger partial charge in [0.25, 0.3) is 0 Å². The van der Waals surface area contributed by atoms with E-state index in [0.29, 0.717) is 5.56 Å². The predicted molar refractivity (Wildman–Crippen MR) is 120 cm³/mol. The van der Waals surface area contributed by atoms with Gasteiger partial charge in [0, 0.05) is 6.42 Å². The van der Waals surface area contributed by atoms with Crippen molar-refractivity contribution in [2.75, 3.05) is 0 Å². The van der Waals surface area contributed by atoms with Gasteiger partial charge in [-0.1, -0.05) is 12.1 Å². The maximum Gasteiger partial charge on any atom is 0.325 e. The molecule has 0 aliphatic rings. The van der Waals surface area contributed by atoms with E-state index in [4.69, 9.17) is 21.7 Å². The first kappa shape index (κ1) is 28.8. The Balaban J connectivity index is 2.95. The molecule has 4 atom stereocenters. The standard InChI is InChI=1S/C21H29N5O9/c1-10(21(34)35)24-20(33)15(9-17(29)30)26-19(32)14(6-7-16(23)28)25-18(31)13(22)8-11-2-4-12(27)5-3-11/h2-5,10,13-15,27H,6-9,22H2,1H3,(H2,23,28)(H,24,33)(H,25,31)(H,26,32)(H,29,30)(H,34,35). The smallest absolute Gasteiger partial charge is 0.325 e. The molecule has 0 heterocycles. The number of nitrogens with one attached hydrogen (secondary N) is 3. The van der Waals surface area contributed by atoms with E-state index in [1.54, 1.807) is 12.1 Å². The topological polar surface area (TPSA) is 251 Å². The lowest BCUT2D eigenvalue weighted by Crippen LogP contribution is -2.57. The number of amides is 4. The zero-order valence-electron chi connectivity index (χ0n) is 18.9. The number of aliphatic carboxylic acids is 2. The van der Waals surface area contributed by atoms with E-state index in [1.165, 1.54) is 12.1 Å². The molecule has 1 aromatic carbocycles. The summed E-state index contributed by atoms with van der Waals surface area (Å²) in [4.78, 5) is 71.0. The number of carboxylic acid groups (broad SMARTS) is 2. The van der Waals surface area contributed by atoms with Crippen LogP contribution >= 0.6 is 0 Å². The second kappa shape index (κ2) is 13.5. The second-order valence-corrected chi connectivity index (χ2v) is 7.77. The first-order valence-electron chi connectivity index (χ1n) is 10.5. The third-order valence-corrected chi connectivity index (χ3v) is 4.78. The van der Waals surface area contributed by atoms with Crippen LogP contribution in [-0.4, -0.2) is 75.1 Å². The molecular weight excluding hydrogens is 466 g/mol. The molecule has 4 unspecified atom stereocenters. The average molecular weight is 495 g/mol. The quantitative estimate of drug-likeness (QED) is 0.135. The molecule has 14 nitrogen and oxygen atoms in total. The van der Waals surface area contributed by atoms with Crippen molar-refractivity contribution in [1.29, 1.82) is 0 Å². The van der Waals surface area contributed by atoms with Gasteiger partial charge in [0.2, 0.25) is 23.6 Å². The number of carbonyl (C=O) groups excluding carboxylic acids is 4. The normalized spacial score (nSPS) is 14.0. The van der Waals surface area contributed by atoms with Crippen LogP contribution in [0, 0.1) is 0 Å². The monoisotopic (exact) mass is 495 g/mol. The Hall–Kier alpha value is -4.20. The first-order valence-corrected chi connectivity index (χ1v) is 10.5. The van der Waals surface area contributed by atoms with Crippen molar-refractivity contribution < 1.29 is 44.1 Å². The summed E-state index contributed by atoms with van der Waals surface area (Å²) in [7, 11) is 0. The highest BCUT2D eigenvalue weighted by Crippen LogP contribution is 2.11. The number of aromatic hydroxyl groups is 1. The van der Waals surface area contributed by atoms with Crippen LogP contribution in [0.3, 0.4) is 0 Å². The minimum Gasteiger partial charge on any atom is -0.508 e. The van der Waals surface area contributed by atoms with Gasteiger partial charge in [-0.25, -0.2) is 0 Å². The fourth-order valence-corrected chi connectivity index (χ4v) is 2.84. The highest BCUT2D eigenvalue weighted by molar-refractivity contribution is 5.95. The van der Waals surface area contributed by atoms with Crippen LogP contribution in [0.25, 0.3) is 0 Å². The molecule has 0 saturated carbocycles. The Morgan fingerprint density at radius 2 is 1.43 bits per heavy atom. The molecule has 0 saturated heterocycles. The van der Waals surface area contributed by atoms with Gasteiger partial charge in [-0.3, -0.25) is 28.8 Å². The van der Waals surface area contributed by atoms with Gasteiger partial charge in [0.1, 0.15) is 23.9 Å². The Labute approximate surface area is 200 Å². The number of phenolic OH excluding ortho intramolecular Hbond substituents is 1. The number of primary amides is 1. The van der Waals surface area contributed by atoms with E-state index in [-0.39, 0.29) is 25.0 Å². The average Bonchev–Trinajstić information content (AvgIpc) is 2.76. The molecular formula is C21H29N5O9. The van der Waals surface area contributed by atoms with Crippen molar-refractivity contribution in [3.63, 3.8) is 0 Å². The molecule has 35 heavy (non-hydrogen) atoms. The van der Waals surface area contributed by atoms with Gasteiger partial charge in [-0.15, -0.1) is 0 Å². The van der Waals surface area contributed by atoms with Crippen molar-refractivity contribution in [3.05, 3.63) is 29.8 Å². The van der Waals surface area contributed by atoms with Gasteiger partial charge in [0.05, 0.1) is 12.5 Å². The molecule has 0 radical (unpaired) electrons. The van der Waals surface area contributed by atoms with Crippen molar-refractivity contribution in [2.45, 2.75) is 56.8 Å². The number of rotatable bonds is 14. The zero-order valence-corrected chi connectivity index (χ0v) is 18.9. The summed E-state index contributed by atoms with van der Waals surface area (Å²) in [5, 5.41) is 33.9. The van der Waals surface area contributed by atoms with Crippen molar-refractivity contribution in [2.24, 2.45) is 11.5 Å². The van der Waals surface area contributed by atoms with Crippen LogP contribution in [0.4, 0.5) is 0 Å². The van der Waals surface area contributed by atoms with Gasteiger partial charge in [-0.05, 0) is 37.5 Å². The molecule has 0 bridgehead atoms. The van der Waals surface area contributed by atoms with Crippen LogP contribution in [0.2, 0.25) is 0 Å². The summed E-state index contributed by atoms with van der Waals surface area (Å²) in [6.07, 6.45) is -1.42. The minimum absolute atomic E-state index is 0.0210. The van der Waals surface area contributed by atoms with Crippen molar-refractivity contribution in [1.82, 2.24) is 16.0 Å². The highest BCUT2D eigenvalue weighted by atomic mass is 16.4. The van der Waals surface area contributed by atoms with Crippen molar-refractivity contribution in [3.8, 4) is 5.75 Å². The Morgan fingerprint density at radius 1 is 0.886 bits per heavy atom. The van der Waals surface area contributed by atoms with Crippen LogP contribution in [0.5, 0.6) is 5.75 Å². The minimum atomic E-state index is -1.67. The molecule has 0 spiro atoms. The third-order valence-electron chi connectivity index (χ3n) is 4.78. The van der Waals surface area contributed by atoms with Crippen LogP contribution in [-0.2, 0) is 35.2 Å². The fraction of sp³-hybridized carbons (Fsp3) is 0.429. The van der Waals surface area contributed by atoms with E-state index in [0.717, 1.165) is 6.92 Å².